The topological polar surface area (TPSA) is 83.8 Å². The maximum absolute atomic E-state index is 13.5. The van der Waals surface area contributed by atoms with Crippen LogP contribution in [0.25, 0.3) is 5.69 Å². The van der Waals surface area contributed by atoms with E-state index in [2.05, 4.69) is 31.0 Å². The van der Waals surface area contributed by atoms with Crippen LogP contribution in [-0.2, 0) is 14.8 Å². The summed E-state index contributed by atoms with van der Waals surface area (Å²) in [4.78, 5) is 13.0. The molecule has 3 aromatic carbocycles. The Morgan fingerprint density at radius 3 is 2.34 bits per heavy atom. The molecule has 0 atom stereocenters. The third-order valence-corrected chi connectivity index (χ3v) is 8.40. The first kappa shape index (κ1) is 27.3. The summed E-state index contributed by atoms with van der Waals surface area (Å²) in [6.07, 6.45) is 1.57. The highest BCUT2D eigenvalue weighted by Gasteiger charge is 2.27. The molecular formula is C29H29BrN4O3S. The molecule has 0 spiro atoms. The predicted octanol–water partition coefficient (Wildman–Crippen LogP) is 5.82. The molecule has 38 heavy (non-hydrogen) atoms. The van der Waals surface area contributed by atoms with E-state index in [0.29, 0.717) is 5.69 Å². The Morgan fingerprint density at radius 1 is 0.947 bits per heavy atom. The van der Waals surface area contributed by atoms with Gasteiger partial charge in [-0.3, -0.25) is 9.10 Å². The van der Waals surface area contributed by atoms with Gasteiger partial charge in [-0.15, -0.1) is 0 Å². The Kier molecular flexibility index (Phi) is 8.18. The van der Waals surface area contributed by atoms with Crippen LogP contribution in [0.4, 0.5) is 5.69 Å². The molecule has 1 aromatic heterocycles. The average Bonchev–Trinajstić information content (AvgIpc) is 3.15. The Morgan fingerprint density at radius 2 is 1.66 bits per heavy atom. The number of aryl methyl sites for hydroxylation is 3. The normalized spacial score (nSPS) is 11.6. The first-order chi connectivity index (χ1) is 18.1. The van der Waals surface area contributed by atoms with Crippen LogP contribution in [0.15, 0.2) is 93.3 Å². The van der Waals surface area contributed by atoms with Crippen LogP contribution in [-0.4, -0.2) is 31.7 Å². The number of halogens is 1. The van der Waals surface area contributed by atoms with Gasteiger partial charge >= 0.3 is 0 Å². The molecule has 4 aromatic rings. The lowest BCUT2D eigenvalue weighted by Crippen LogP contribution is -2.39. The molecule has 0 unspecified atom stereocenters. The van der Waals surface area contributed by atoms with Gasteiger partial charge in [-0.2, -0.15) is 5.10 Å². The highest BCUT2D eigenvalue weighted by Crippen LogP contribution is 2.25. The summed E-state index contributed by atoms with van der Waals surface area (Å²) >= 11 is 3.51. The Balaban J connectivity index is 1.56. The maximum atomic E-state index is 13.5. The molecule has 1 amide bonds. The number of amides is 1. The molecule has 1 N–H and O–H groups in total. The second kappa shape index (κ2) is 11.4. The summed E-state index contributed by atoms with van der Waals surface area (Å²) in [6.45, 7) is 7.31. The van der Waals surface area contributed by atoms with E-state index < -0.39 is 22.5 Å². The van der Waals surface area contributed by atoms with Crippen LogP contribution in [0.3, 0.4) is 0 Å². The molecule has 4 rings (SSSR count). The molecule has 0 aliphatic rings. The second-order valence-corrected chi connectivity index (χ2v) is 11.9. The molecule has 0 aliphatic heterocycles. The van der Waals surface area contributed by atoms with Crippen molar-refractivity contribution in [2.75, 3.05) is 10.8 Å². The van der Waals surface area contributed by atoms with Gasteiger partial charge in [0.15, 0.2) is 0 Å². The molecule has 0 saturated heterocycles. The Hall–Kier alpha value is -3.69. The van der Waals surface area contributed by atoms with Crippen molar-refractivity contribution in [1.82, 2.24) is 9.99 Å². The molecular weight excluding hydrogens is 564 g/mol. The number of carbonyl (C=O) groups is 1. The van der Waals surface area contributed by atoms with E-state index in [1.54, 1.807) is 48.7 Å². The smallest absolute Gasteiger partial charge is 0.264 e. The fraction of sp³-hybridized carbons (Fsp3) is 0.172. The zero-order valence-electron chi connectivity index (χ0n) is 21.6. The van der Waals surface area contributed by atoms with Crippen LogP contribution >= 0.6 is 15.9 Å². The van der Waals surface area contributed by atoms with E-state index in [-0.39, 0.29) is 4.90 Å². The highest BCUT2D eigenvalue weighted by molar-refractivity contribution is 9.10. The van der Waals surface area contributed by atoms with Crippen molar-refractivity contribution in [3.8, 4) is 5.69 Å². The monoisotopic (exact) mass is 592 g/mol. The summed E-state index contributed by atoms with van der Waals surface area (Å²) < 4.78 is 31.2. The fourth-order valence-electron chi connectivity index (χ4n) is 4.21. The van der Waals surface area contributed by atoms with Crippen LogP contribution in [0.1, 0.15) is 28.1 Å². The van der Waals surface area contributed by atoms with Gasteiger partial charge in [-0.25, -0.2) is 13.8 Å². The Labute approximate surface area is 232 Å². The standard InChI is InChI=1S/C29H29BrN4O3S/c1-20-11-13-28(14-12-20)38(36,37)33(26-9-5-7-21(2)15-26)19-29(35)32-31-18-24-16-22(3)34(23(24)4)27-10-6-8-25(30)17-27/h5-18H,19H2,1-4H3,(H,32,35)/b31-18-. The molecule has 0 radical (unpaired) electrons. The van der Waals surface area contributed by atoms with Gasteiger partial charge in [0.05, 0.1) is 16.8 Å². The van der Waals surface area contributed by atoms with E-state index in [1.807, 2.05) is 64.1 Å². The summed E-state index contributed by atoms with van der Waals surface area (Å²) in [5, 5.41) is 4.13. The Bertz CT molecular complexity index is 1610. The van der Waals surface area contributed by atoms with E-state index in [9.17, 15) is 13.2 Å². The zero-order chi connectivity index (χ0) is 27.4. The van der Waals surface area contributed by atoms with Crippen molar-refractivity contribution in [2.24, 2.45) is 5.10 Å². The molecule has 0 fully saturated rings. The zero-order valence-corrected chi connectivity index (χ0v) is 24.0. The molecule has 1 heterocycles. The minimum atomic E-state index is -3.99. The van der Waals surface area contributed by atoms with E-state index in [0.717, 1.165) is 42.5 Å². The SMILES string of the molecule is Cc1ccc(S(=O)(=O)N(CC(=O)N/N=C\c2cc(C)n(-c3cccc(Br)c3)c2C)c2cccc(C)c2)cc1. The lowest BCUT2D eigenvalue weighted by Gasteiger charge is -2.24. The summed E-state index contributed by atoms with van der Waals surface area (Å²) in [6, 6.07) is 23.6. The van der Waals surface area contributed by atoms with Gasteiger partial charge in [0, 0.05) is 27.1 Å². The van der Waals surface area contributed by atoms with Gasteiger partial charge in [-0.05, 0) is 81.8 Å². The molecule has 0 aliphatic carbocycles. The second-order valence-electron chi connectivity index (χ2n) is 9.10. The highest BCUT2D eigenvalue weighted by atomic mass is 79.9. The number of aromatic nitrogens is 1. The molecule has 196 valence electrons. The third-order valence-electron chi connectivity index (χ3n) is 6.12. The number of hydrogen-bond acceptors (Lipinski definition) is 4. The van der Waals surface area contributed by atoms with E-state index >= 15 is 0 Å². The molecule has 9 heteroatoms. The minimum absolute atomic E-state index is 0.112. The average molecular weight is 594 g/mol. The number of anilines is 1. The lowest BCUT2D eigenvalue weighted by atomic mass is 10.2. The van der Waals surface area contributed by atoms with Gasteiger partial charge in [0.1, 0.15) is 6.54 Å². The third kappa shape index (κ3) is 6.06. The predicted molar refractivity (Wildman–Crippen MR) is 156 cm³/mol. The van der Waals surface area contributed by atoms with Crippen molar-refractivity contribution in [3.63, 3.8) is 0 Å². The number of benzene rings is 3. The van der Waals surface area contributed by atoms with Crippen LogP contribution in [0, 0.1) is 27.7 Å². The number of hydrogen-bond donors (Lipinski definition) is 1. The maximum Gasteiger partial charge on any atom is 0.264 e. The number of carbonyl (C=O) groups excluding carboxylic acids is 1. The van der Waals surface area contributed by atoms with Gasteiger partial charge in [-0.1, -0.05) is 51.8 Å². The van der Waals surface area contributed by atoms with Crippen LogP contribution in [0.5, 0.6) is 0 Å². The first-order valence-corrected chi connectivity index (χ1v) is 14.2. The first-order valence-electron chi connectivity index (χ1n) is 12.0. The van der Waals surface area contributed by atoms with Crippen molar-refractivity contribution < 1.29 is 13.2 Å². The van der Waals surface area contributed by atoms with Crippen molar-refractivity contribution in [3.05, 3.63) is 111 Å². The van der Waals surface area contributed by atoms with Gasteiger partial charge < -0.3 is 4.57 Å². The van der Waals surface area contributed by atoms with Crippen LogP contribution in [0.2, 0.25) is 0 Å². The van der Waals surface area contributed by atoms with Crippen molar-refractivity contribution in [1.29, 1.82) is 0 Å². The van der Waals surface area contributed by atoms with Crippen molar-refractivity contribution >= 4 is 43.8 Å². The number of rotatable bonds is 8. The number of sulfonamides is 1. The lowest BCUT2D eigenvalue weighted by molar-refractivity contribution is -0.119. The van der Waals surface area contributed by atoms with Gasteiger partial charge in [0.25, 0.3) is 15.9 Å². The summed E-state index contributed by atoms with van der Waals surface area (Å²) in [7, 11) is -3.99. The van der Waals surface area contributed by atoms with E-state index in [1.165, 1.54) is 0 Å². The fourth-order valence-corrected chi connectivity index (χ4v) is 6.01. The summed E-state index contributed by atoms with van der Waals surface area (Å²) in [5.41, 5.74) is 8.54. The molecule has 0 bridgehead atoms. The quantitative estimate of drug-likeness (QED) is 0.207. The number of nitrogens with zero attached hydrogens (tertiary/aromatic N) is 3. The van der Waals surface area contributed by atoms with Gasteiger partial charge in [0.2, 0.25) is 0 Å². The number of hydrazone groups is 1. The summed E-state index contributed by atoms with van der Waals surface area (Å²) in [5.74, 6) is -0.556. The number of nitrogens with one attached hydrogen (secondary N) is 1. The largest absolute Gasteiger partial charge is 0.318 e. The van der Waals surface area contributed by atoms with Crippen LogP contribution < -0.4 is 9.73 Å². The van der Waals surface area contributed by atoms with E-state index in [4.69, 9.17) is 0 Å². The molecule has 7 nitrogen and oxygen atoms in total. The van der Waals surface area contributed by atoms with Crippen molar-refractivity contribution in [2.45, 2.75) is 32.6 Å². The minimum Gasteiger partial charge on any atom is -0.318 e. The molecule has 0 saturated carbocycles.